The van der Waals surface area contributed by atoms with E-state index in [0.29, 0.717) is 5.84 Å². The van der Waals surface area contributed by atoms with Crippen molar-refractivity contribution >= 4 is 11.5 Å². The summed E-state index contributed by atoms with van der Waals surface area (Å²) in [6.45, 7) is 2.01. The van der Waals surface area contributed by atoms with Gasteiger partial charge in [0.2, 0.25) is 0 Å². The van der Waals surface area contributed by atoms with Crippen LogP contribution in [0.15, 0.2) is 28.5 Å². The second kappa shape index (κ2) is 3.57. The molecule has 0 spiro atoms. The Labute approximate surface area is 82.6 Å². The lowest BCUT2D eigenvalue weighted by Crippen LogP contribution is -2.18. The molecule has 0 radical (unpaired) electrons. The molecular weight excluding hydrogens is 176 g/mol. The van der Waals surface area contributed by atoms with Crippen LogP contribution in [-0.4, -0.2) is 16.5 Å². The fourth-order valence-corrected chi connectivity index (χ4v) is 1.29. The summed E-state index contributed by atoms with van der Waals surface area (Å²) >= 11 is 0. The molecule has 4 nitrogen and oxygen atoms in total. The van der Waals surface area contributed by atoms with Crippen molar-refractivity contribution in [3.8, 4) is 0 Å². The summed E-state index contributed by atoms with van der Waals surface area (Å²) in [5, 5.41) is 7.88. The van der Waals surface area contributed by atoms with Crippen LogP contribution in [0.5, 0.6) is 0 Å². The first-order chi connectivity index (χ1) is 6.75. The van der Waals surface area contributed by atoms with Crippen LogP contribution < -0.4 is 5.73 Å². The minimum Gasteiger partial charge on any atom is -0.386 e. The molecule has 2 heterocycles. The molecule has 1 aromatic heterocycles. The topological polar surface area (TPSA) is 63.6 Å². The highest BCUT2D eigenvalue weighted by atomic mass is 15.2. The van der Waals surface area contributed by atoms with E-state index in [1.54, 1.807) is 0 Å². The van der Waals surface area contributed by atoms with Gasteiger partial charge in [-0.05, 0) is 18.6 Å². The van der Waals surface area contributed by atoms with Gasteiger partial charge < -0.3 is 5.73 Å². The summed E-state index contributed by atoms with van der Waals surface area (Å²) in [6.07, 6.45) is 3.43. The Morgan fingerprint density at radius 2 is 2.07 bits per heavy atom. The van der Waals surface area contributed by atoms with Crippen molar-refractivity contribution in [1.82, 2.24) is 4.98 Å². The number of nitrogens with zero attached hydrogens (tertiary/aromatic N) is 3. The minimum absolute atomic E-state index is 0.598. The van der Waals surface area contributed by atoms with Gasteiger partial charge in [-0.1, -0.05) is 6.07 Å². The Balaban J connectivity index is 2.28. The third-order valence-corrected chi connectivity index (χ3v) is 2.12. The number of nitrogens with two attached hydrogens (primary N) is 1. The Morgan fingerprint density at radius 3 is 2.64 bits per heavy atom. The van der Waals surface area contributed by atoms with Crippen molar-refractivity contribution in [2.45, 2.75) is 19.8 Å². The summed E-state index contributed by atoms with van der Waals surface area (Å²) in [6, 6.07) is 3.98. The van der Waals surface area contributed by atoms with Crippen molar-refractivity contribution < 1.29 is 0 Å². The van der Waals surface area contributed by atoms with Gasteiger partial charge in [-0.3, -0.25) is 4.98 Å². The average Bonchev–Trinajstić information content (AvgIpc) is 2.21. The van der Waals surface area contributed by atoms with Crippen molar-refractivity contribution in [2.75, 3.05) is 0 Å². The van der Waals surface area contributed by atoms with Crippen molar-refractivity contribution in [3.05, 3.63) is 29.6 Å². The maximum atomic E-state index is 5.52. The molecule has 0 fully saturated rings. The zero-order valence-electron chi connectivity index (χ0n) is 8.07. The number of hydrogen-bond acceptors (Lipinski definition) is 4. The van der Waals surface area contributed by atoms with Crippen LogP contribution in [0.25, 0.3) is 0 Å². The molecular formula is C10H12N4. The molecule has 1 aromatic rings. The van der Waals surface area contributed by atoms with E-state index >= 15 is 0 Å². The Kier molecular flexibility index (Phi) is 2.26. The Bertz CT molecular complexity index is 389. The molecule has 0 saturated carbocycles. The van der Waals surface area contributed by atoms with Crippen LogP contribution >= 0.6 is 0 Å². The molecule has 1 aliphatic rings. The highest BCUT2D eigenvalue weighted by molar-refractivity contribution is 6.02. The molecule has 72 valence electrons. The van der Waals surface area contributed by atoms with Crippen LogP contribution in [0.1, 0.15) is 24.1 Å². The third kappa shape index (κ3) is 1.79. The maximum Gasteiger partial charge on any atom is 0.122 e. The fourth-order valence-electron chi connectivity index (χ4n) is 1.29. The lowest BCUT2D eigenvalue weighted by molar-refractivity contribution is 1.01. The molecule has 2 N–H and O–H groups in total. The molecule has 0 aromatic carbocycles. The van der Waals surface area contributed by atoms with Crippen LogP contribution in [-0.2, 0) is 0 Å². The fraction of sp³-hybridized carbons (Fsp3) is 0.300. The van der Waals surface area contributed by atoms with Gasteiger partial charge in [-0.15, -0.1) is 5.10 Å². The summed E-state index contributed by atoms with van der Waals surface area (Å²) in [7, 11) is 0. The molecule has 0 aliphatic carbocycles. The number of hydrogen-bond donors (Lipinski definition) is 1. The second-order valence-corrected chi connectivity index (χ2v) is 3.36. The van der Waals surface area contributed by atoms with E-state index in [1.165, 1.54) is 0 Å². The largest absolute Gasteiger partial charge is 0.386 e. The number of rotatable bonds is 1. The average molecular weight is 188 g/mol. The quantitative estimate of drug-likeness (QED) is 0.720. The zero-order chi connectivity index (χ0) is 9.97. The van der Waals surface area contributed by atoms with Gasteiger partial charge in [0.15, 0.2) is 0 Å². The minimum atomic E-state index is 0.598. The van der Waals surface area contributed by atoms with Crippen molar-refractivity contribution in [3.63, 3.8) is 0 Å². The van der Waals surface area contributed by atoms with Gasteiger partial charge in [0.25, 0.3) is 0 Å². The predicted octanol–water partition coefficient (Wildman–Crippen LogP) is 1.25. The van der Waals surface area contributed by atoms with E-state index in [9.17, 15) is 0 Å². The summed E-state index contributed by atoms with van der Waals surface area (Å²) < 4.78 is 0. The van der Waals surface area contributed by atoms with Crippen LogP contribution in [0.4, 0.5) is 0 Å². The van der Waals surface area contributed by atoms with Crippen molar-refractivity contribution in [2.24, 2.45) is 15.9 Å². The van der Waals surface area contributed by atoms with Gasteiger partial charge in [0.05, 0.1) is 11.4 Å². The Morgan fingerprint density at radius 1 is 1.21 bits per heavy atom. The van der Waals surface area contributed by atoms with E-state index in [-0.39, 0.29) is 0 Å². The molecule has 0 bridgehead atoms. The van der Waals surface area contributed by atoms with Gasteiger partial charge in [-0.25, -0.2) is 0 Å². The maximum absolute atomic E-state index is 5.52. The second-order valence-electron chi connectivity index (χ2n) is 3.36. The number of aryl methyl sites for hydroxylation is 1. The monoisotopic (exact) mass is 188 g/mol. The van der Waals surface area contributed by atoms with E-state index in [4.69, 9.17) is 5.73 Å². The lowest BCUT2D eigenvalue weighted by Gasteiger charge is -2.08. The van der Waals surface area contributed by atoms with E-state index in [1.807, 2.05) is 25.3 Å². The van der Waals surface area contributed by atoms with Crippen LogP contribution in [0, 0.1) is 6.92 Å². The third-order valence-electron chi connectivity index (χ3n) is 2.12. The number of pyridine rings is 1. The molecule has 1 aliphatic heterocycles. The molecule has 0 atom stereocenters. The molecule has 4 heteroatoms. The summed E-state index contributed by atoms with van der Waals surface area (Å²) in [5.74, 6) is 0.598. The highest BCUT2D eigenvalue weighted by Crippen LogP contribution is 2.09. The first-order valence-electron chi connectivity index (χ1n) is 4.57. The molecule has 0 amide bonds. The van der Waals surface area contributed by atoms with Gasteiger partial charge in [-0.2, -0.15) is 5.10 Å². The van der Waals surface area contributed by atoms with Gasteiger partial charge in [0, 0.05) is 19.0 Å². The Hall–Kier alpha value is -1.71. The standard InChI is InChI=1S/C10H12N4/c1-7-2-3-8(12-6-7)9-4-5-10(11)14-13-9/h2-3,6H,4-5H2,1H3,(H2,11,14). The summed E-state index contributed by atoms with van der Waals surface area (Å²) in [5.41, 5.74) is 8.48. The van der Waals surface area contributed by atoms with E-state index in [2.05, 4.69) is 15.2 Å². The normalized spacial score (nSPS) is 16.1. The van der Waals surface area contributed by atoms with Crippen LogP contribution in [0.3, 0.4) is 0 Å². The number of amidine groups is 1. The van der Waals surface area contributed by atoms with Gasteiger partial charge >= 0.3 is 0 Å². The molecule has 2 rings (SSSR count). The van der Waals surface area contributed by atoms with Crippen LogP contribution in [0.2, 0.25) is 0 Å². The smallest absolute Gasteiger partial charge is 0.122 e. The number of aromatic nitrogens is 1. The highest BCUT2D eigenvalue weighted by Gasteiger charge is 2.10. The van der Waals surface area contributed by atoms with Gasteiger partial charge in [0.1, 0.15) is 5.84 Å². The van der Waals surface area contributed by atoms with E-state index < -0.39 is 0 Å². The van der Waals surface area contributed by atoms with Crippen molar-refractivity contribution in [1.29, 1.82) is 0 Å². The first kappa shape index (κ1) is 8.87. The molecule has 14 heavy (non-hydrogen) atoms. The molecule has 0 unspecified atom stereocenters. The zero-order valence-corrected chi connectivity index (χ0v) is 8.07. The lowest BCUT2D eigenvalue weighted by atomic mass is 10.1. The SMILES string of the molecule is Cc1ccc(C2=NN=C(N)CC2)nc1. The summed E-state index contributed by atoms with van der Waals surface area (Å²) in [4.78, 5) is 4.29. The first-order valence-corrected chi connectivity index (χ1v) is 4.57. The molecule has 0 saturated heterocycles. The predicted molar refractivity (Wildman–Crippen MR) is 56.4 cm³/mol. The van der Waals surface area contributed by atoms with E-state index in [0.717, 1.165) is 29.8 Å².